The van der Waals surface area contributed by atoms with Crippen molar-refractivity contribution in [2.75, 3.05) is 13.1 Å². The van der Waals surface area contributed by atoms with Crippen LogP contribution in [0.1, 0.15) is 42.9 Å². The highest BCUT2D eigenvalue weighted by Crippen LogP contribution is 2.30. The maximum Gasteiger partial charge on any atom is 0.243 e. The lowest BCUT2D eigenvalue weighted by Crippen LogP contribution is -2.33. The summed E-state index contributed by atoms with van der Waals surface area (Å²) in [5, 5.41) is 4.02. The zero-order valence-corrected chi connectivity index (χ0v) is 18.3. The minimum atomic E-state index is -3.45. The summed E-state index contributed by atoms with van der Waals surface area (Å²) in [5.41, 5.74) is 3.40. The van der Waals surface area contributed by atoms with Crippen molar-refractivity contribution in [2.45, 2.75) is 49.6 Å². The van der Waals surface area contributed by atoms with Crippen LogP contribution < -0.4 is 5.32 Å². The average molecular weight is 438 g/mol. The number of rotatable bonds is 5. The van der Waals surface area contributed by atoms with Crippen molar-refractivity contribution in [3.8, 4) is 0 Å². The maximum absolute atomic E-state index is 12.8. The number of hydrogen-bond donors (Lipinski definition) is 1. The van der Waals surface area contributed by atoms with Gasteiger partial charge in [0.05, 0.1) is 10.9 Å². The smallest absolute Gasteiger partial charge is 0.243 e. The van der Waals surface area contributed by atoms with Crippen molar-refractivity contribution < 1.29 is 13.2 Å². The van der Waals surface area contributed by atoms with Crippen LogP contribution in [0, 0.1) is 0 Å². The van der Waals surface area contributed by atoms with Crippen LogP contribution in [0.15, 0.2) is 59.6 Å². The summed E-state index contributed by atoms with van der Waals surface area (Å²) in [6.07, 6.45) is 6.77. The molecule has 31 heavy (non-hydrogen) atoms. The standard InChI is InChI=1S/C24H27N3O3S/c28-24(25-22-9-5-7-18-6-1-2-8-21(18)22)17-26-15-12-19-16-20(10-11-23(19)26)31(29,30)27-13-3-4-14-27/h1-2,6,8,10-12,15-16,22H,3-5,7,9,13-14,17H2,(H,25,28). The van der Waals surface area contributed by atoms with Crippen molar-refractivity contribution in [3.05, 3.63) is 65.9 Å². The molecule has 5 rings (SSSR count). The zero-order valence-electron chi connectivity index (χ0n) is 17.5. The lowest BCUT2D eigenvalue weighted by molar-refractivity contribution is -0.122. The minimum Gasteiger partial charge on any atom is -0.348 e. The van der Waals surface area contributed by atoms with Crippen LogP contribution in [0.2, 0.25) is 0 Å². The molecule has 0 spiro atoms. The number of hydrogen-bond acceptors (Lipinski definition) is 3. The van der Waals surface area contributed by atoms with E-state index in [-0.39, 0.29) is 18.5 Å². The summed E-state index contributed by atoms with van der Waals surface area (Å²) in [5.74, 6) is -0.0343. The van der Waals surface area contributed by atoms with E-state index >= 15 is 0 Å². The van der Waals surface area contributed by atoms with Gasteiger partial charge in [-0.25, -0.2) is 8.42 Å². The third-order valence-electron chi connectivity index (χ3n) is 6.46. The number of carbonyl (C=O) groups excluding carboxylic acids is 1. The second kappa shape index (κ2) is 8.13. The molecule has 1 unspecified atom stereocenters. The lowest BCUT2D eigenvalue weighted by Gasteiger charge is -2.26. The number of carbonyl (C=O) groups is 1. The molecule has 1 N–H and O–H groups in total. The fraction of sp³-hybridized carbons (Fsp3) is 0.375. The van der Waals surface area contributed by atoms with E-state index in [2.05, 4.69) is 17.4 Å². The van der Waals surface area contributed by atoms with Crippen LogP contribution in [-0.4, -0.2) is 36.3 Å². The first-order valence-electron chi connectivity index (χ1n) is 11.0. The molecule has 0 bridgehead atoms. The first kappa shape index (κ1) is 20.3. The topological polar surface area (TPSA) is 71.4 Å². The van der Waals surface area contributed by atoms with Gasteiger partial charge in [0, 0.05) is 30.2 Å². The van der Waals surface area contributed by atoms with Gasteiger partial charge in [-0.1, -0.05) is 24.3 Å². The third-order valence-corrected chi connectivity index (χ3v) is 8.36. The Balaban J connectivity index is 1.33. The Morgan fingerprint density at radius 2 is 1.84 bits per heavy atom. The number of nitrogens with zero attached hydrogens (tertiary/aromatic N) is 2. The van der Waals surface area contributed by atoms with E-state index < -0.39 is 10.0 Å². The Kier molecular flexibility index (Phi) is 5.32. The molecule has 162 valence electrons. The largest absolute Gasteiger partial charge is 0.348 e. The van der Waals surface area contributed by atoms with Gasteiger partial charge in [0.25, 0.3) is 0 Å². The van der Waals surface area contributed by atoms with Gasteiger partial charge < -0.3 is 9.88 Å². The van der Waals surface area contributed by atoms with E-state index in [1.54, 1.807) is 16.4 Å². The van der Waals surface area contributed by atoms with E-state index in [0.29, 0.717) is 18.0 Å². The van der Waals surface area contributed by atoms with Crippen molar-refractivity contribution in [1.29, 1.82) is 0 Å². The number of aryl methyl sites for hydroxylation is 1. The van der Waals surface area contributed by atoms with Crippen molar-refractivity contribution in [2.24, 2.45) is 0 Å². The Bertz CT molecular complexity index is 1230. The molecule has 0 saturated carbocycles. The molecular weight excluding hydrogens is 410 g/mol. The van der Waals surface area contributed by atoms with Gasteiger partial charge in [-0.15, -0.1) is 0 Å². The Labute approximate surface area is 182 Å². The number of amides is 1. The van der Waals surface area contributed by atoms with Gasteiger partial charge in [0.15, 0.2) is 0 Å². The van der Waals surface area contributed by atoms with Crippen molar-refractivity contribution in [3.63, 3.8) is 0 Å². The van der Waals surface area contributed by atoms with Gasteiger partial charge in [-0.2, -0.15) is 4.31 Å². The SMILES string of the molecule is O=C(Cn1ccc2cc(S(=O)(=O)N3CCCC3)ccc21)NC1CCCc2ccccc21. The average Bonchev–Trinajstić information content (AvgIpc) is 3.45. The van der Waals surface area contributed by atoms with Crippen LogP contribution in [0.3, 0.4) is 0 Å². The fourth-order valence-electron chi connectivity index (χ4n) is 4.85. The van der Waals surface area contributed by atoms with Gasteiger partial charge in [0.1, 0.15) is 6.54 Å². The number of benzene rings is 2. The van der Waals surface area contributed by atoms with E-state index in [9.17, 15) is 13.2 Å². The van der Waals surface area contributed by atoms with Gasteiger partial charge in [0.2, 0.25) is 15.9 Å². The molecule has 1 saturated heterocycles. The van der Waals surface area contributed by atoms with E-state index in [0.717, 1.165) is 43.0 Å². The molecule has 1 aliphatic carbocycles. The number of fused-ring (bicyclic) bond motifs is 2. The Morgan fingerprint density at radius 1 is 1.03 bits per heavy atom. The van der Waals surface area contributed by atoms with Crippen LogP contribution in [0.25, 0.3) is 10.9 Å². The number of nitrogens with one attached hydrogen (secondary N) is 1. The zero-order chi connectivity index (χ0) is 21.4. The summed E-state index contributed by atoms with van der Waals surface area (Å²) >= 11 is 0. The monoisotopic (exact) mass is 437 g/mol. The Hall–Kier alpha value is -2.64. The highest BCUT2D eigenvalue weighted by molar-refractivity contribution is 7.89. The van der Waals surface area contributed by atoms with E-state index in [1.165, 1.54) is 11.1 Å². The summed E-state index contributed by atoms with van der Waals surface area (Å²) in [7, 11) is -3.45. The highest BCUT2D eigenvalue weighted by atomic mass is 32.2. The predicted molar refractivity (Wildman–Crippen MR) is 120 cm³/mol. The van der Waals surface area contributed by atoms with Crippen LogP contribution in [-0.2, 0) is 27.8 Å². The maximum atomic E-state index is 12.8. The normalized spacial score (nSPS) is 19.4. The van der Waals surface area contributed by atoms with Crippen LogP contribution in [0.5, 0.6) is 0 Å². The second-order valence-electron chi connectivity index (χ2n) is 8.49. The molecule has 2 aliphatic rings. The summed E-state index contributed by atoms with van der Waals surface area (Å²) < 4.78 is 29.1. The molecular formula is C24H27N3O3S. The van der Waals surface area contributed by atoms with E-state index in [4.69, 9.17) is 0 Å². The minimum absolute atomic E-state index is 0.0343. The molecule has 1 aromatic heterocycles. The first-order chi connectivity index (χ1) is 15.0. The third kappa shape index (κ3) is 3.88. The van der Waals surface area contributed by atoms with Gasteiger partial charge in [-0.3, -0.25) is 4.79 Å². The summed E-state index contributed by atoms with van der Waals surface area (Å²) in [4.78, 5) is 13.1. The van der Waals surface area contributed by atoms with Crippen LogP contribution in [0.4, 0.5) is 0 Å². The first-order valence-corrected chi connectivity index (χ1v) is 12.4. The molecule has 3 aromatic rings. The molecule has 1 amide bonds. The predicted octanol–water partition coefficient (Wildman–Crippen LogP) is 3.62. The molecule has 0 radical (unpaired) electrons. The quantitative estimate of drug-likeness (QED) is 0.663. The molecule has 7 heteroatoms. The lowest BCUT2D eigenvalue weighted by atomic mass is 9.88. The summed E-state index contributed by atoms with van der Waals surface area (Å²) in [6.45, 7) is 1.39. The van der Waals surface area contributed by atoms with Gasteiger partial charge in [-0.05, 0) is 67.5 Å². The van der Waals surface area contributed by atoms with E-state index in [1.807, 2.05) is 35.0 Å². The van der Waals surface area contributed by atoms with Crippen molar-refractivity contribution in [1.82, 2.24) is 14.2 Å². The number of sulfonamides is 1. The molecule has 2 heterocycles. The molecule has 1 atom stereocenters. The van der Waals surface area contributed by atoms with Gasteiger partial charge >= 0.3 is 0 Å². The van der Waals surface area contributed by atoms with Crippen molar-refractivity contribution >= 4 is 26.8 Å². The second-order valence-corrected chi connectivity index (χ2v) is 10.4. The molecule has 2 aromatic carbocycles. The molecule has 1 aliphatic heterocycles. The summed E-state index contributed by atoms with van der Waals surface area (Å²) in [6, 6.07) is 15.4. The Morgan fingerprint density at radius 3 is 2.68 bits per heavy atom. The molecule has 1 fully saturated rings. The highest BCUT2D eigenvalue weighted by Gasteiger charge is 2.27. The fourth-order valence-corrected chi connectivity index (χ4v) is 6.41. The number of aromatic nitrogens is 1. The van der Waals surface area contributed by atoms with Crippen LogP contribution >= 0.6 is 0 Å². The molecule has 6 nitrogen and oxygen atoms in total.